The summed E-state index contributed by atoms with van der Waals surface area (Å²) in [5.74, 6) is 0.694. The minimum atomic E-state index is 0.179. The van der Waals surface area contributed by atoms with Crippen LogP contribution >= 0.6 is 0 Å². The summed E-state index contributed by atoms with van der Waals surface area (Å²) >= 11 is 0. The molecule has 1 aliphatic heterocycles. The normalized spacial score (nSPS) is 18.2. The molecule has 22 heavy (non-hydrogen) atoms. The van der Waals surface area contributed by atoms with Crippen LogP contribution in [0.15, 0.2) is 37.2 Å². The molecular weight excluding hydrogens is 276 g/mol. The van der Waals surface area contributed by atoms with Gasteiger partial charge in [0.25, 0.3) is 0 Å². The SMILES string of the molecule is CC(=O)N1CCC[C@@H](Cc2cncc(-c3cncnc3)c2)C1. The maximum atomic E-state index is 11.5. The number of nitrogens with zero attached hydrogens (tertiary/aromatic N) is 4. The zero-order valence-corrected chi connectivity index (χ0v) is 12.8. The predicted molar refractivity (Wildman–Crippen MR) is 83.9 cm³/mol. The predicted octanol–water partition coefficient (Wildman–Crippen LogP) is 2.34. The average molecular weight is 296 g/mol. The van der Waals surface area contributed by atoms with Crippen molar-refractivity contribution in [3.8, 4) is 11.1 Å². The Hall–Kier alpha value is -2.30. The van der Waals surface area contributed by atoms with Gasteiger partial charge in [0.2, 0.25) is 5.91 Å². The van der Waals surface area contributed by atoms with Gasteiger partial charge in [-0.05, 0) is 36.8 Å². The van der Waals surface area contributed by atoms with Crippen molar-refractivity contribution in [3.05, 3.63) is 42.7 Å². The van der Waals surface area contributed by atoms with Gasteiger partial charge < -0.3 is 4.90 Å². The number of aromatic nitrogens is 3. The molecule has 3 rings (SSSR count). The lowest BCUT2D eigenvalue weighted by Crippen LogP contribution is -2.39. The maximum absolute atomic E-state index is 11.5. The van der Waals surface area contributed by atoms with E-state index in [4.69, 9.17) is 0 Å². The van der Waals surface area contributed by atoms with Crippen LogP contribution in [0.2, 0.25) is 0 Å². The van der Waals surface area contributed by atoms with E-state index in [1.54, 1.807) is 19.3 Å². The second-order valence-corrected chi connectivity index (χ2v) is 5.89. The van der Waals surface area contributed by atoms with Gasteiger partial charge in [0.05, 0.1) is 0 Å². The van der Waals surface area contributed by atoms with Crippen LogP contribution in [0.1, 0.15) is 25.3 Å². The van der Waals surface area contributed by atoms with Crippen molar-refractivity contribution in [3.63, 3.8) is 0 Å². The molecule has 0 aromatic carbocycles. The molecule has 0 radical (unpaired) electrons. The smallest absolute Gasteiger partial charge is 0.219 e. The average Bonchev–Trinajstić information content (AvgIpc) is 2.56. The van der Waals surface area contributed by atoms with Gasteiger partial charge in [0.15, 0.2) is 0 Å². The highest BCUT2D eigenvalue weighted by Gasteiger charge is 2.21. The Morgan fingerprint density at radius 1 is 1.18 bits per heavy atom. The Bertz CT molecular complexity index is 644. The number of likely N-dealkylation sites (tertiary alicyclic amines) is 1. The summed E-state index contributed by atoms with van der Waals surface area (Å²) < 4.78 is 0. The fourth-order valence-corrected chi connectivity index (χ4v) is 3.06. The van der Waals surface area contributed by atoms with Crippen molar-refractivity contribution in [1.29, 1.82) is 0 Å². The number of carbonyl (C=O) groups excluding carboxylic acids is 1. The summed E-state index contributed by atoms with van der Waals surface area (Å²) in [6.07, 6.45) is 12.1. The molecule has 0 spiro atoms. The standard InChI is InChI=1S/C17H20N4O/c1-13(22)21-4-2-3-14(11-21)5-15-6-16(8-18-7-15)17-9-19-12-20-10-17/h6-10,12,14H,2-5,11H2,1H3/t14-/m0/s1. The van der Waals surface area contributed by atoms with Crippen molar-refractivity contribution in [1.82, 2.24) is 19.9 Å². The van der Waals surface area contributed by atoms with Crippen molar-refractivity contribution >= 4 is 5.91 Å². The lowest BCUT2D eigenvalue weighted by Gasteiger charge is -2.32. The number of hydrogen-bond acceptors (Lipinski definition) is 4. The molecule has 2 aromatic rings. The molecule has 1 amide bonds. The third-order valence-electron chi connectivity index (χ3n) is 4.18. The van der Waals surface area contributed by atoms with Gasteiger partial charge in [-0.1, -0.05) is 0 Å². The molecule has 114 valence electrons. The first-order valence-electron chi connectivity index (χ1n) is 7.67. The molecule has 0 bridgehead atoms. The van der Waals surface area contributed by atoms with Crippen LogP contribution in [-0.2, 0) is 11.2 Å². The van der Waals surface area contributed by atoms with Gasteiger partial charge in [-0.3, -0.25) is 9.78 Å². The van der Waals surface area contributed by atoms with Crippen LogP contribution in [-0.4, -0.2) is 38.8 Å². The molecule has 1 saturated heterocycles. The monoisotopic (exact) mass is 296 g/mol. The Balaban J connectivity index is 1.72. The topological polar surface area (TPSA) is 59.0 Å². The van der Waals surface area contributed by atoms with E-state index in [2.05, 4.69) is 21.0 Å². The first-order chi connectivity index (χ1) is 10.7. The number of hydrogen-bond donors (Lipinski definition) is 0. The Morgan fingerprint density at radius 3 is 2.73 bits per heavy atom. The number of piperidine rings is 1. The molecule has 3 heterocycles. The van der Waals surface area contributed by atoms with Gasteiger partial charge in [0.1, 0.15) is 6.33 Å². The molecule has 1 aliphatic rings. The fraction of sp³-hybridized carbons (Fsp3) is 0.412. The van der Waals surface area contributed by atoms with Crippen molar-refractivity contribution in [2.75, 3.05) is 13.1 Å². The van der Waals surface area contributed by atoms with E-state index >= 15 is 0 Å². The van der Waals surface area contributed by atoms with Gasteiger partial charge >= 0.3 is 0 Å². The van der Waals surface area contributed by atoms with Crippen molar-refractivity contribution in [2.45, 2.75) is 26.2 Å². The summed E-state index contributed by atoms with van der Waals surface area (Å²) in [5, 5.41) is 0. The van der Waals surface area contributed by atoms with E-state index in [1.807, 2.05) is 17.3 Å². The molecule has 0 unspecified atom stereocenters. The molecule has 0 N–H and O–H groups in total. The van der Waals surface area contributed by atoms with E-state index in [0.29, 0.717) is 5.92 Å². The van der Waals surface area contributed by atoms with E-state index in [0.717, 1.165) is 37.1 Å². The molecule has 0 saturated carbocycles. The molecule has 2 aromatic heterocycles. The van der Waals surface area contributed by atoms with E-state index in [9.17, 15) is 4.79 Å². The van der Waals surface area contributed by atoms with Crippen LogP contribution in [0.3, 0.4) is 0 Å². The van der Waals surface area contributed by atoms with Crippen molar-refractivity contribution in [2.24, 2.45) is 5.92 Å². The molecule has 1 fully saturated rings. The number of rotatable bonds is 3. The molecule has 5 nitrogen and oxygen atoms in total. The van der Waals surface area contributed by atoms with Crippen LogP contribution in [0.5, 0.6) is 0 Å². The Labute approximate surface area is 130 Å². The highest BCUT2D eigenvalue weighted by atomic mass is 16.2. The minimum Gasteiger partial charge on any atom is -0.343 e. The van der Waals surface area contributed by atoms with Gasteiger partial charge in [0, 0.05) is 55.9 Å². The fourth-order valence-electron chi connectivity index (χ4n) is 3.06. The highest BCUT2D eigenvalue weighted by molar-refractivity contribution is 5.73. The minimum absolute atomic E-state index is 0.179. The molecule has 1 atom stereocenters. The zero-order chi connectivity index (χ0) is 15.4. The van der Waals surface area contributed by atoms with E-state index in [-0.39, 0.29) is 5.91 Å². The molecule has 0 aliphatic carbocycles. The molecule has 5 heteroatoms. The summed E-state index contributed by atoms with van der Waals surface area (Å²) in [6, 6.07) is 2.15. The van der Waals surface area contributed by atoms with Crippen molar-refractivity contribution < 1.29 is 4.79 Å². The summed E-state index contributed by atoms with van der Waals surface area (Å²) in [4.78, 5) is 25.9. The Morgan fingerprint density at radius 2 is 1.95 bits per heavy atom. The van der Waals surface area contributed by atoms with Crippen LogP contribution in [0.25, 0.3) is 11.1 Å². The lowest BCUT2D eigenvalue weighted by atomic mass is 9.91. The first-order valence-corrected chi connectivity index (χ1v) is 7.67. The second-order valence-electron chi connectivity index (χ2n) is 5.89. The second kappa shape index (κ2) is 6.64. The van der Waals surface area contributed by atoms with Crippen LogP contribution in [0.4, 0.5) is 0 Å². The quantitative estimate of drug-likeness (QED) is 0.872. The summed E-state index contributed by atoms with van der Waals surface area (Å²) in [7, 11) is 0. The van der Waals surface area contributed by atoms with Crippen LogP contribution < -0.4 is 0 Å². The summed E-state index contributed by atoms with van der Waals surface area (Å²) in [5.41, 5.74) is 3.22. The van der Waals surface area contributed by atoms with Crippen LogP contribution in [0, 0.1) is 5.92 Å². The van der Waals surface area contributed by atoms with Gasteiger partial charge in [-0.2, -0.15) is 0 Å². The number of pyridine rings is 1. The third kappa shape index (κ3) is 3.47. The summed E-state index contributed by atoms with van der Waals surface area (Å²) in [6.45, 7) is 3.40. The third-order valence-corrected chi connectivity index (χ3v) is 4.18. The van der Waals surface area contributed by atoms with E-state index in [1.165, 1.54) is 18.3 Å². The van der Waals surface area contributed by atoms with E-state index < -0.39 is 0 Å². The first kappa shape index (κ1) is 14.6. The van der Waals surface area contributed by atoms with Gasteiger partial charge in [-0.25, -0.2) is 9.97 Å². The lowest BCUT2D eigenvalue weighted by molar-refractivity contribution is -0.130. The number of carbonyl (C=O) groups is 1. The number of amides is 1. The molecular formula is C17H20N4O. The highest BCUT2D eigenvalue weighted by Crippen LogP contribution is 2.23. The van der Waals surface area contributed by atoms with Gasteiger partial charge in [-0.15, -0.1) is 0 Å². The zero-order valence-electron chi connectivity index (χ0n) is 12.8. The Kier molecular flexibility index (Phi) is 4.42. The largest absolute Gasteiger partial charge is 0.343 e. The maximum Gasteiger partial charge on any atom is 0.219 e.